The summed E-state index contributed by atoms with van der Waals surface area (Å²) in [5, 5.41) is 3.01. The van der Waals surface area contributed by atoms with Gasteiger partial charge in [0.05, 0.1) is 19.1 Å². The largest absolute Gasteiger partial charge is 0.497 e. The van der Waals surface area contributed by atoms with Crippen LogP contribution in [0.25, 0.3) is 0 Å². The molecule has 0 aliphatic carbocycles. The third kappa shape index (κ3) is 8.85. The van der Waals surface area contributed by atoms with Gasteiger partial charge in [0.1, 0.15) is 18.3 Å². The van der Waals surface area contributed by atoms with Gasteiger partial charge in [0.2, 0.25) is 21.8 Å². The number of rotatable bonds is 11. The van der Waals surface area contributed by atoms with Crippen LogP contribution in [-0.2, 0) is 32.6 Å². The lowest BCUT2D eigenvalue weighted by Crippen LogP contribution is -2.56. The van der Waals surface area contributed by atoms with Crippen molar-refractivity contribution < 1.29 is 22.7 Å². The molecule has 1 atom stereocenters. The minimum Gasteiger partial charge on any atom is -0.497 e. The lowest BCUT2D eigenvalue weighted by Gasteiger charge is -2.35. The number of carbonyl (C=O) groups excluding carboxylic acids is 2. The van der Waals surface area contributed by atoms with Crippen LogP contribution in [0.1, 0.15) is 31.9 Å². The van der Waals surface area contributed by atoms with Gasteiger partial charge in [-0.05, 0) is 56.2 Å². The first kappa shape index (κ1) is 29.7. The molecule has 9 heteroatoms. The molecule has 0 fully saturated rings. The van der Waals surface area contributed by atoms with Crippen molar-refractivity contribution >= 4 is 27.5 Å². The van der Waals surface area contributed by atoms with Crippen molar-refractivity contribution in [2.24, 2.45) is 0 Å². The molecular weight excluding hydrogens is 514 g/mol. The number of para-hydroxylation sites is 1. The summed E-state index contributed by atoms with van der Waals surface area (Å²) in [5.74, 6) is -0.217. The maximum atomic E-state index is 14.0. The summed E-state index contributed by atoms with van der Waals surface area (Å²) >= 11 is 0. The number of methoxy groups -OCH3 is 1. The fourth-order valence-corrected chi connectivity index (χ4v) is 5.03. The fourth-order valence-electron chi connectivity index (χ4n) is 4.18. The van der Waals surface area contributed by atoms with Gasteiger partial charge in [0.25, 0.3) is 0 Å². The Labute approximate surface area is 231 Å². The quantitative estimate of drug-likeness (QED) is 0.389. The molecule has 0 bridgehead atoms. The van der Waals surface area contributed by atoms with Crippen molar-refractivity contribution in [1.82, 2.24) is 10.2 Å². The first-order valence-electron chi connectivity index (χ1n) is 12.7. The van der Waals surface area contributed by atoms with Crippen molar-refractivity contribution in [2.75, 3.05) is 24.2 Å². The summed E-state index contributed by atoms with van der Waals surface area (Å²) in [6.07, 6.45) is 1.32. The van der Waals surface area contributed by atoms with Crippen LogP contribution in [0.3, 0.4) is 0 Å². The third-order valence-electron chi connectivity index (χ3n) is 5.98. The van der Waals surface area contributed by atoms with Crippen molar-refractivity contribution in [3.8, 4) is 5.75 Å². The van der Waals surface area contributed by atoms with Gasteiger partial charge in [-0.2, -0.15) is 0 Å². The van der Waals surface area contributed by atoms with Crippen molar-refractivity contribution in [3.05, 3.63) is 96.1 Å². The number of nitrogens with zero attached hydrogens (tertiary/aromatic N) is 2. The Morgan fingerprint density at radius 1 is 0.897 bits per heavy atom. The van der Waals surface area contributed by atoms with Gasteiger partial charge in [-0.25, -0.2) is 8.42 Å². The van der Waals surface area contributed by atoms with E-state index in [9.17, 15) is 18.0 Å². The topological polar surface area (TPSA) is 96.0 Å². The monoisotopic (exact) mass is 551 g/mol. The van der Waals surface area contributed by atoms with Crippen LogP contribution in [0.15, 0.2) is 84.9 Å². The number of nitrogens with one attached hydrogen (secondary N) is 1. The number of benzene rings is 3. The van der Waals surface area contributed by atoms with E-state index >= 15 is 0 Å². The molecule has 3 aromatic rings. The van der Waals surface area contributed by atoms with Crippen molar-refractivity contribution in [2.45, 2.75) is 45.3 Å². The highest BCUT2D eigenvalue weighted by atomic mass is 32.2. The van der Waals surface area contributed by atoms with Gasteiger partial charge in [0.15, 0.2) is 0 Å². The Morgan fingerprint density at radius 2 is 1.49 bits per heavy atom. The van der Waals surface area contributed by atoms with Crippen LogP contribution in [0.4, 0.5) is 5.69 Å². The Balaban J connectivity index is 2.07. The van der Waals surface area contributed by atoms with E-state index in [0.29, 0.717) is 11.4 Å². The number of hydrogen-bond donors (Lipinski definition) is 1. The lowest BCUT2D eigenvalue weighted by atomic mass is 10.0. The first-order valence-corrected chi connectivity index (χ1v) is 14.5. The Kier molecular flexibility index (Phi) is 9.75. The molecule has 3 rings (SSSR count). The van der Waals surface area contributed by atoms with Crippen LogP contribution in [0.5, 0.6) is 5.75 Å². The summed E-state index contributed by atoms with van der Waals surface area (Å²) in [4.78, 5) is 29.2. The SMILES string of the molecule is COc1cccc(CN(C(=O)CN(c2ccccc2)S(C)(=O)=O)C(Cc2ccccc2)C(=O)NC(C)(C)C)c1. The van der Waals surface area contributed by atoms with Crippen LogP contribution in [-0.4, -0.2) is 56.6 Å². The molecule has 39 heavy (non-hydrogen) atoms. The smallest absolute Gasteiger partial charge is 0.244 e. The summed E-state index contributed by atoms with van der Waals surface area (Å²) in [7, 11) is -2.24. The van der Waals surface area contributed by atoms with E-state index in [-0.39, 0.29) is 18.9 Å². The molecule has 0 aliphatic rings. The number of hydrogen-bond acceptors (Lipinski definition) is 5. The second-order valence-corrected chi connectivity index (χ2v) is 12.3. The van der Waals surface area contributed by atoms with E-state index in [2.05, 4.69) is 5.32 Å². The van der Waals surface area contributed by atoms with Crippen LogP contribution < -0.4 is 14.4 Å². The van der Waals surface area contributed by atoms with E-state index in [0.717, 1.165) is 21.7 Å². The molecule has 0 heterocycles. The van der Waals surface area contributed by atoms with Crippen molar-refractivity contribution in [1.29, 1.82) is 0 Å². The lowest BCUT2D eigenvalue weighted by molar-refractivity contribution is -0.140. The van der Waals surface area contributed by atoms with Gasteiger partial charge in [-0.15, -0.1) is 0 Å². The highest BCUT2D eigenvalue weighted by molar-refractivity contribution is 7.92. The second kappa shape index (κ2) is 12.8. The maximum Gasteiger partial charge on any atom is 0.244 e. The average Bonchev–Trinajstić information content (AvgIpc) is 2.88. The van der Waals surface area contributed by atoms with Crippen molar-refractivity contribution in [3.63, 3.8) is 0 Å². The molecule has 1 unspecified atom stereocenters. The van der Waals surface area contributed by atoms with Gasteiger partial charge in [-0.1, -0.05) is 60.7 Å². The molecule has 0 aliphatic heterocycles. The number of anilines is 1. The van der Waals surface area contributed by atoms with Gasteiger partial charge >= 0.3 is 0 Å². The zero-order valence-corrected chi connectivity index (χ0v) is 23.9. The zero-order valence-electron chi connectivity index (χ0n) is 23.1. The predicted molar refractivity (Wildman–Crippen MR) is 154 cm³/mol. The maximum absolute atomic E-state index is 14.0. The molecule has 0 spiro atoms. The Hall–Kier alpha value is -3.85. The van der Waals surface area contributed by atoms with E-state index in [4.69, 9.17) is 4.74 Å². The molecular formula is C30H37N3O5S. The summed E-state index contributed by atoms with van der Waals surface area (Å²) < 4.78 is 32.0. The third-order valence-corrected chi connectivity index (χ3v) is 7.12. The molecule has 1 N–H and O–H groups in total. The molecule has 0 saturated carbocycles. The normalized spacial score (nSPS) is 12.3. The standard InChI is InChI=1S/C30H37N3O5S/c1-30(2,3)31-29(35)27(20-23-13-8-6-9-14-23)32(21-24-15-12-18-26(19-24)38-4)28(34)22-33(39(5,36)37)25-16-10-7-11-17-25/h6-19,27H,20-22H2,1-5H3,(H,31,35). The zero-order chi connectivity index (χ0) is 28.6. The predicted octanol–water partition coefficient (Wildman–Crippen LogP) is 4.02. The second-order valence-electron chi connectivity index (χ2n) is 10.4. The molecule has 3 aromatic carbocycles. The van der Waals surface area contributed by atoms with E-state index in [1.54, 1.807) is 49.6 Å². The molecule has 0 radical (unpaired) electrons. The number of carbonyl (C=O) groups is 2. The first-order chi connectivity index (χ1) is 18.4. The molecule has 0 saturated heterocycles. The van der Waals surface area contributed by atoms with E-state index < -0.39 is 34.1 Å². The number of sulfonamides is 1. The average molecular weight is 552 g/mol. The molecule has 0 aromatic heterocycles. The van der Waals surface area contributed by atoms with E-state index in [1.165, 1.54) is 4.90 Å². The highest BCUT2D eigenvalue weighted by Crippen LogP contribution is 2.22. The highest BCUT2D eigenvalue weighted by Gasteiger charge is 2.34. The fraction of sp³-hybridized carbons (Fsp3) is 0.333. The Morgan fingerprint density at radius 3 is 2.05 bits per heavy atom. The molecule has 208 valence electrons. The van der Waals surface area contributed by atoms with Gasteiger partial charge in [0, 0.05) is 18.5 Å². The minimum absolute atomic E-state index is 0.0808. The van der Waals surface area contributed by atoms with Gasteiger partial charge < -0.3 is 15.0 Å². The minimum atomic E-state index is -3.80. The molecule has 8 nitrogen and oxygen atoms in total. The summed E-state index contributed by atoms with van der Waals surface area (Å²) in [6, 6.07) is 24.2. The molecule has 2 amide bonds. The number of amides is 2. The van der Waals surface area contributed by atoms with Crippen LogP contribution in [0, 0.1) is 0 Å². The van der Waals surface area contributed by atoms with E-state index in [1.807, 2.05) is 63.2 Å². The summed E-state index contributed by atoms with van der Waals surface area (Å²) in [5.41, 5.74) is 1.45. The van der Waals surface area contributed by atoms with Crippen LogP contribution >= 0.6 is 0 Å². The summed E-state index contributed by atoms with van der Waals surface area (Å²) in [6.45, 7) is 5.25. The Bertz CT molecular complexity index is 1360. The van der Waals surface area contributed by atoms with Gasteiger partial charge in [-0.3, -0.25) is 13.9 Å². The van der Waals surface area contributed by atoms with Crippen LogP contribution in [0.2, 0.25) is 0 Å². The number of ether oxygens (including phenoxy) is 1.